The van der Waals surface area contributed by atoms with Gasteiger partial charge in [-0.1, -0.05) is 0 Å². The van der Waals surface area contributed by atoms with Crippen LogP contribution in [0.4, 0.5) is 10.1 Å². The Morgan fingerprint density at radius 3 is 2.55 bits per heavy atom. The average molecular weight is 307 g/mol. The van der Waals surface area contributed by atoms with E-state index in [4.69, 9.17) is 0 Å². The molecule has 0 atom stereocenters. The fourth-order valence-electron chi connectivity index (χ4n) is 2.34. The number of aromatic nitrogens is 4. The second-order valence-corrected chi connectivity index (χ2v) is 5.61. The van der Waals surface area contributed by atoms with Crippen molar-refractivity contribution in [3.63, 3.8) is 0 Å². The highest BCUT2D eigenvalue weighted by Crippen LogP contribution is 2.43. The summed E-state index contributed by atoms with van der Waals surface area (Å²) < 4.78 is 16.0. The molecule has 1 heterocycles. The number of benzene rings is 1. The first-order chi connectivity index (χ1) is 10.4. The van der Waals surface area contributed by atoms with Gasteiger partial charge in [0.1, 0.15) is 0 Å². The Bertz CT molecular complexity index is 806. The first-order valence-corrected chi connectivity index (χ1v) is 6.93. The Balaban J connectivity index is 2.22. The van der Waals surface area contributed by atoms with E-state index in [0.29, 0.717) is 5.56 Å². The van der Waals surface area contributed by atoms with E-state index >= 15 is 0 Å². The molecule has 2 aromatic rings. The third-order valence-electron chi connectivity index (χ3n) is 3.63. The molecule has 22 heavy (non-hydrogen) atoms. The van der Waals surface area contributed by atoms with Crippen molar-refractivity contribution in [1.82, 2.24) is 19.8 Å². The molecule has 1 aliphatic rings. The highest BCUT2D eigenvalue weighted by atomic mass is 19.1. The Morgan fingerprint density at radius 1 is 1.36 bits per heavy atom. The van der Waals surface area contributed by atoms with Crippen molar-refractivity contribution < 1.29 is 9.31 Å². The molecule has 0 amide bonds. The molecular weight excluding hydrogens is 293 g/mol. The number of nitro benzene ring substituents is 1. The van der Waals surface area contributed by atoms with Gasteiger partial charge in [0.05, 0.1) is 16.7 Å². The molecule has 9 heteroatoms. The number of halogens is 1. The van der Waals surface area contributed by atoms with E-state index < -0.39 is 22.1 Å². The Kier molecular flexibility index (Phi) is 3.27. The zero-order valence-electron chi connectivity index (χ0n) is 12.1. The molecule has 8 nitrogen and oxygen atoms in total. The van der Waals surface area contributed by atoms with E-state index in [1.54, 1.807) is 13.8 Å². The summed E-state index contributed by atoms with van der Waals surface area (Å²) in [5, 5.41) is 18.5. The van der Waals surface area contributed by atoms with Gasteiger partial charge in [0, 0.05) is 6.07 Å². The number of hydrogen-bond acceptors (Lipinski definition) is 5. The SMILES string of the molecule is CC(C)n1nnn(-c2cc([N+](=O)[O-])c(F)cc2C2CC2)c1=O. The third kappa shape index (κ3) is 2.28. The van der Waals surface area contributed by atoms with Crippen LogP contribution >= 0.6 is 0 Å². The standard InChI is InChI=1S/C13H14FN5O3/c1-7(2)17-13(20)18(16-15-17)11-6-12(19(21)22)10(14)5-9(11)8-3-4-8/h5-8H,3-4H2,1-2H3. The molecule has 1 saturated carbocycles. The minimum atomic E-state index is -0.903. The van der Waals surface area contributed by atoms with Crippen LogP contribution in [0.25, 0.3) is 5.69 Å². The highest BCUT2D eigenvalue weighted by Gasteiger charge is 2.31. The number of hydrogen-bond donors (Lipinski definition) is 0. The zero-order chi connectivity index (χ0) is 16.0. The maximum Gasteiger partial charge on any atom is 0.368 e. The second-order valence-electron chi connectivity index (χ2n) is 5.61. The summed E-state index contributed by atoms with van der Waals surface area (Å²) in [7, 11) is 0. The summed E-state index contributed by atoms with van der Waals surface area (Å²) in [5.74, 6) is -0.804. The molecule has 1 fully saturated rings. The lowest BCUT2D eigenvalue weighted by Crippen LogP contribution is -2.26. The zero-order valence-corrected chi connectivity index (χ0v) is 12.1. The molecule has 0 aliphatic heterocycles. The van der Waals surface area contributed by atoms with Crippen LogP contribution in [0.2, 0.25) is 0 Å². The van der Waals surface area contributed by atoms with Gasteiger partial charge in [-0.3, -0.25) is 10.1 Å². The fraction of sp³-hybridized carbons (Fsp3) is 0.462. The van der Waals surface area contributed by atoms with Crippen LogP contribution in [0.3, 0.4) is 0 Å². The Morgan fingerprint density at radius 2 is 2.05 bits per heavy atom. The lowest BCUT2D eigenvalue weighted by molar-refractivity contribution is -0.387. The quantitative estimate of drug-likeness (QED) is 0.635. The van der Waals surface area contributed by atoms with Crippen molar-refractivity contribution in [2.75, 3.05) is 0 Å². The van der Waals surface area contributed by atoms with Crippen LogP contribution in [0, 0.1) is 15.9 Å². The normalized spacial score (nSPS) is 14.5. The maximum atomic E-state index is 13.8. The number of tetrazole rings is 1. The minimum absolute atomic E-state index is 0.0985. The van der Waals surface area contributed by atoms with Gasteiger partial charge in [0.25, 0.3) is 0 Å². The van der Waals surface area contributed by atoms with Crippen molar-refractivity contribution in [1.29, 1.82) is 0 Å². The molecule has 1 aliphatic carbocycles. The van der Waals surface area contributed by atoms with Crippen LogP contribution in [-0.4, -0.2) is 24.7 Å². The molecule has 0 radical (unpaired) electrons. The molecule has 0 bridgehead atoms. The molecular formula is C13H14FN5O3. The third-order valence-corrected chi connectivity index (χ3v) is 3.63. The summed E-state index contributed by atoms with van der Waals surface area (Å²) in [4.78, 5) is 22.4. The van der Waals surface area contributed by atoms with Gasteiger partial charge in [-0.25, -0.2) is 4.79 Å². The summed E-state index contributed by atoms with van der Waals surface area (Å²) in [6.07, 6.45) is 1.72. The van der Waals surface area contributed by atoms with Crippen LogP contribution < -0.4 is 5.69 Å². The Labute approximate surface area is 124 Å². The van der Waals surface area contributed by atoms with E-state index in [0.717, 1.165) is 29.7 Å². The predicted octanol–water partition coefficient (Wildman–Crippen LogP) is 1.93. The first kappa shape index (κ1) is 14.4. The maximum absolute atomic E-state index is 13.8. The van der Waals surface area contributed by atoms with Crippen LogP contribution in [0.5, 0.6) is 0 Å². The van der Waals surface area contributed by atoms with Crippen molar-refractivity contribution in [3.8, 4) is 5.69 Å². The molecule has 0 spiro atoms. The highest BCUT2D eigenvalue weighted by molar-refractivity contribution is 5.52. The molecule has 1 aromatic heterocycles. The average Bonchev–Trinajstić information content (AvgIpc) is 3.21. The smallest absolute Gasteiger partial charge is 0.258 e. The lowest BCUT2D eigenvalue weighted by atomic mass is 10.1. The molecule has 116 valence electrons. The van der Waals surface area contributed by atoms with Gasteiger partial charge >= 0.3 is 11.4 Å². The van der Waals surface area contributed by atoms with Gasteiger partial charge < -0.3 is 0 Å². The van der Waals surface area contributed by atoms with Gasteiger partial charge in [0.2, 0.25) is 5.82 Å². The van der Waals surface area contributed by atoms with Crippen molar-refractivity contribution in [3.05, 3.63) is 44.1 Å². The molecule has 0 unspecified atom stereocenters. The van der Waals surface area contributed by atoms with Crippen LogP contribution in [-0.2, 0) is 0 Å². The van der Waals surface area contributed by atoms with E-state index in [1.165, 1.54) is 4.68 Å². The predicted molar refractivity (Wildman–Crippen MR) is 74.6 cm³/mol. The van der Waals surface area contributed by atoms with Gasteiger partial charge in [-0.15, -0.1) is 0 Å². The second kappa shape index (κ2) is 5.00. The topological polar surface area (TPSA) is 95.8 Å². The van der Waals surface area contributed by atoms with Crippen LogP contribution in [0.1, 0.15) is 44.2 Å². The van der Waals surface area contributed by atoms with E-state index in [-0.39, 0.29) is 17.6 Å². The van der Waals surface area contributed by atoms with Gasteiger partial charge in [-0.05, 0) is 54.7 Å². The summed E-state index contributed by atoms with van der Waals surface area (Å²) in [6.45, 7) is 3.55. The number of rotatable bonds is 4. The van der Waals surface area contributed by atoms with E-state index in [9.17, 15) is 19.3 Å². The lowest BCUT2D eigenvalue weighted by Gasteiger charge is -2.08. The summed E-state index contributed by atoms with van der Waals surface area (Å²) in [6, 6.07) is 2.00. The van der Waals surface area contributed by atoms with Gasteiger partial charge in [0.15, 0.2) is 0 Å². The minimum Gasteiger partial charge on any atom is -0.258 e. The van der Waals surface area contributed by atoms with Crippen molar-refractivity contribution >= 4 is 5.69 Å². The van der Waals surface area contributed by atoms with Gasteiger partial charge in [-0.2, -0.15) is 13.8 Å². The fourth-order valence-corrected chi connectivity index (χ4v) is 2.34. The summed E-state index contributed by atoms with van der Waals surface area (Å²) >= 11 is 0. The first-order valence-electron chi connectivity index (χ1n) is 6.93. The van der Waals surface area contributed by atoms with Crippen molar-refractivity contribution in [2.45, 2.75) is 38.6 Å². The molecule has 0 N–H and O–H groups in total. The number of nitro groups is 1. The Hall–Kier alpha value is -2.58. The molecule has 3 rings (SSSR count). The number of nitrogens with zero attached hydrogens (tertiary/aromatic N) is 5. The summed E-state index contributed by atoms with van der Waals surface area (Å²) in [5.41, 5.74) is -0.392. The van der Waals surface area contributed by atoms with E-state index in [1.807, 2.05) is 0 Å². The van der Waals surface area contributed by atoms with Crippen LogP contribution in [0.15, 0.2) is 16.9 Å². The monoisotopic (exact) mass is 307 g/mol. The molecule has 0 saturated heterocycles. The largest absolute Gasteiger partial charge is 0.368 e. The molecule has 1 aromatic carbocycles. The van der Waals surface area contributed by atoms with Crippen molar-refractivity contribution in [2.24, 2.45) is 0 Å². The van der Waals surface area contributed by atoms with E-state index in [2.05, 4.69) is 10.4 Å².